The van der Waals surface area contributed by atoms with E-state index in [-0.39, 0.29) is 11.8 Å². The molecule has 0 aromatic carbocycles. The Kier molecular flexibility index (Phi) is 2.84. The number of aliphatic imine (C=N–C) groups is 1. The van der Waals surface area contributed by atoms with Gasteiger partial charge in [-0.05, 0) is 42.4 Å². The molecule has 1 heterocycles. The molecule has 0 spiro atoms. The fraction of sp³-hybridized carbons (Fsp3) is 0.600. The predicted octanol–water partition coefficient (Wildman–Crippen LogP) is 2.68. The number of allylic oxidation sites excluding steroid dienone is 3. The molecule has 0 N–H and O–H groups in total. The van der Waals surface area contributed by atoms with Crippen molar-refractivity contribution in [3.05, 3.63) is 22.5 Å². The Morgan fingerprint density at radius 2 is 2.28 bits per heavy atom. The summed E-state index contributed by atoms with van der Waals surface area (Å²) in [4.78, 5) is 16.8. The molecule has 0 radical (unpaired) electrons. The van der Waals surface area contributed by atoms with E-state index >= 15 is 0 Å². The molecule has 1 saturated carbocycles. The molecule has 3 aliphatic rings. The lowest BCUT2D eigenvalue weighted by atomic mass is 9.68. The van der Waals surface area contributed by atoms with Crippen LogP contribution in [-0.4, -0.2) is 25.7 Å². The van der Waals surface area contributed by atoms with Crippen molar-refractivity contribution in [1.29, 1.82) is 0 Å². The van der Waals surface area contributed by atoms with Crippen LogP contribution in [0, 0.1) is 11.8 Å². The van der Waals surface area contributed by atoms with E-state index in [0.717, 1.165) is 38.0 Å². The van der Waals surface area contributed by atoms with Crippen LogP contribution in [0.15, 0.2) is 27.5 Å². The lowest BCUT2D eigenvalue weighted by Gasteiger charge is -2.35. The molecule has 2 unspecified atom stereocenters. The second kappa shape index (κ2) is 4.38. The van der Waals surface area contributed by atoms with Crippen LogP contribution in [0.4, 0.5) is 0 Å². The minimum absolute atomic E-state index is 0.111. The molecular formula is C15H19NO2. The van der Waals surface area contributed by atoms with Gasteiger partial charge in [-0.1, -0.05) is 6.92 Å². The highest BCUT2D eigenvalue weighted by Crippen LogP contribution is 2.44. The van der Waals surface area contributed by atoms with Gasteiger partial charge in [0, 0.05) is 11.8 Å². The number of ether oxygens (including phenoxy) is 1. The second-order valence-electron chi connectivity index (χ2n) is 5.49. The van der Waals surface area contributed by atoms with Crippen molar-refractivity contribution in [2.45, 2.75) is 32.6 Å². The maximum Gasteiger partial charge on any atom is 0.143 e. The number of ketones is 1. The first kappa shape index (κ1) is 11.7. The third kappa shape index (κ3) is 1.64. The van der Waals surface area contributed by atoms with Gasteiger partial charge in [0.05, 0.1) is 19.9 Å². The normalized spacial score (nSPS) is 31.3. The molecule has 2 atom stereocenters. The molecule has 2 aliphatic carbocycles. The van der Waals surface area contributed by atoms with Crippen LogP contribution in [0.3, 0.4) is 0 Å². The predicted molar refractivity (Wildman–Crippen MR) is 70.5 cm³/mol. The second-order valence-corrected chi connectivity index (χ2v) is 5.49. The van der Waals surface area contributed by atoms with Crippen LogP contribution in [0.2, 0.25) is 0 Å². The zero-order valence-corrected chi connectivity index (χ0v) is 11.0. The van der Waals surface area contributed by atoms with Gasteiger partial charge in [0.25, 0.3) is 0 Å². The zero-order chi connectivity index (χ0) is 12.7. The molecule has 1 aliphatic heterocycles. The fourth-order valence-corrected chi connectivity index (χ4v) is 3.54. The molecule has 0 bridgehead atoms. The molecule has 0 saturated heterocycles. The molecule has 96 valence electrons. The zero-order valence-electron chi connectivity index (χ0n) is 11.0. The number of nitrogens with zero attached hydrogens (tertiary/aromatic N) is 1. The van der Waals surface area contributed by atoms with Crippen molar-refractivity contribution < 1.29 is 9.53 Å². The molecule has 1 fully saturated rings. The van der Waals surface area contributed by atoms with Gasteiger partial charge in [0.15, 0.2) is 0 Å². The van der Waals surface area contributed by atoms with E-state index < -0.39 is 0 Å². The summed E-state index contributed by atoms with van der Waals surface area (Å²) in [6.07, 6.45) is 5.82. The first-order valence-electron chi connectivity index (χ1n) is 6.75. The highest BCUT2D eigenvalue weighted by Gasteiger charge is 2.39. The van der Waals surface area contributed by atoms with E-state index in [9.17, 15) is 4.79 Å². The minimum atomic E-state index is 0.111. The number of rotatable bonds is 1. The Labute approximate surface area is 108 Å². The Morgan fingerprint density at radius 1 is 1.44 bits per heavy atom. The summed E-state index contributed by atoms with van der Waals surface area (Å²) in [6.45, 7) is 2.79. The monoisotopic (exact) mass is 245 g/mol. The van der Waals surface area contributed by atoms with Crippen LogP contribution < -0.4 is 0 Å². The van der Waals surface area contributed by atoms with Gasteiger partial charge in [0.2, 0.25) is 0 Å². The fourth-order valence-electron chi connectivity index (χ4n) is 3.54. The van der Waals surface area contributed by atoms with Crippen LogP contribution in [0.1, 0.15) is 32.6 Å². The van der Waals surface area contributed by atoms with Crippen LogP contribution in [0.25, 0.3) is 0 Å². The van der Waals surface area contributed by atoms with Crippen molar-refractivity contribution in [3.63, 3.8) is 0 Å². The Morgan fingerprint density at radius 3 is 3.06 bits per heavy atom. The van der Waals surface area contributed by atoms with Gasteiger partial charge in [-0.15, -0.1) is 0 Å². The van der Waals surface area contributed by atoms with Crippen LogP contribution in [0.5, 0.6) is 0 Å². The highest BCUT2D eigenvalue weighted by atomic mass is 16.5. The average molecular weight is 245 g/mol. The summed E-state index contributed by atoms with van der Waals surface area (Å²) in [5.74, 6) is 1.56. The van der Waals surface area contributed by atoms with Crippen molar-refractivity contribution >= 4 is 12.0 Å². The van der Waals surface area contributed by atoms with Crippen molar-refractivity contribution in [2.24, 2.45) is 16.8 Å². The smallest absolute Gasteiger partial charge is 0.143 e. The molecule has 3 nitrogen and oxygen atoms in total. The Balaban J connectivity index is 2.15. The van der Waals surface area contributed by atoms with Crippen molar-refractivity contribution in [3.8, 4) is 0 Å². The van der Waals surface area contributed by atoms with E-state index in [1.807, 2.05) is 6.21 Å². The molecular weight excluding hydrogens is 226 g/mol. The van der Waals surface area contributed by atoms with E-state index in [1.165, 1.54) is 16.7 Å². The van der Waals surface area contributed by atoms with Crippen LogP contribution in [-0.2, 0) is 9.53 Å². The summed E-state index contributed by atoms with van der Waals surface area (Å²) < 4.78 is 5.45. The van der Waals surface area contributed by atoms with Crippen molar-refractivity contribution in [1.82, 2.24) is 0 Å². The number of carbonyl (C=O) groups excluding carboxylic acids is 1. The maximum absolute atomic E-state index is 12.4. The highest BCUT2D eigenvalue weighted by molar-refractivity contribution is 5.91. The Bertz CT molecular complexity index is 485. The topological polar surface area (TPSA) is 38.7 Å². The number of hydrogen-bond acceptors (Lipinski definition) is 3. The molecule has 3 rings (SSSR count). The number of Topliss-reactive ketones (excluding diaryl/α,β-unsaturated/α-hetero) is 1. The van der Waals surface area contributed by atoms with E-state index in [1.54, 1.807) is 7.11 Å². The van der Waals surface area contributed by atoms with E-state index in [0.29, 0.717) is 5.78 Å². The van der Waals surface area contributed by atoms with E-state index in [2.05, 4.69) is 11.9 Å². The third-order valence-corrected chi connectivity index (χ3v) is 4.36. The van der Waals surface area contributed by atoms with Gasteiger partial charge < -0.3 is 4.74 Å². The Hall–Kier alpha value is -1.38. The largest absolute Gasteiger partial charge is 0.495 e. The average Bonchev–Trinajstić information content (AvgIpc) is 2.56. The molecule has 0 amide bonds. The first-order chi connectivity index (χ1) is 8.72. The summed E-state index contributed by atoms with van der Waals surface area (Å²) >= 11 is 0. The number of hydrogen-bond donors (Lipinski definition) is 0. The van der Waals surface area contributed by atoms with Crippen LogP contribution >= 0.6 is 0 Å². The lowest BCUT2D eigenvalue weighted by Crippen LogP contribution is -2.33. The van der Waals surface area contributed by atoms with Gasteiger partial charge in [0.1, 0.15) is 11.5 Å². The number of carbonyl (C=O) groups is 1. The lowest BCUT2D eigenvalue weighted by molar-refractivity contribution is -0.126. The summed E-state index contributed by atoms with van der Waals surface area (Å²) in [7, 11) is 1.69. The summed E-state index contributed by atoms with van der Waals surface area (Å²) in [6, 6.07) is 0. The van der Waals surface area contributed by atoms with Crippen molar-refractivity contribution in [2.75, 3.05) is 13.7 Å². The van der Waals surface area contributed by atoms with Gasteiger partial charge in [-0.2, -0.15) is 0 Å². The SMILES string of the molecule is COC1=C2CCCC3C(=O)C(C)CC(=C23)CN=C1. The quantitative estimate of drug-likeness (QED) is 0.712. The molecule has 0 aromatic heterocycles. The minimum Gasteiger partial charge on any atom is -0.495 e. The van der Waals surface area contributed by atoms with Gasteiger partial charge in [-0.3, -0.25) is 9.79 Å². The molecule has 3 heteroatoms. The van der Waals surface area contributed by atoms with Gasteiger partial charge >= 0.3 is 0 Å². The summed E-state index contributed by atoms with van der Waals surface area (Å²) in [5.41, 5.74) is 3.88. The first-order valence-corrected chi connectivity index (χ1v) is 6.75. The molecule has 18 heavy (non-hydrogen) atoms. The number of methoxy groups -OCH3 is 1. The van der Waals surface area contributed by atoms with E-state index in [4.69, 9.17) is 4.74 Å². The molecule has 0 aromatic rings. The maximum atomic E-state index is 12.4. The van der Waals surface area contributed by atoms with Gasteiger partial charge in [-0.25, -0.2) is 0 Å². The third-order valence-electron chi connectivity index (χ3n) is 4.36. The summed E-state index contributed by atoms with van der Waals surface area (Å²) in [5, 5.41) is 0. The standard InChI is InChI=1S/C15H19NO2/c1-9-6-10-7-16-8-13(18-2)11-4-3-5-12(14(10)11)15(9)17/h8-9,12H,3-7H2,1-2H3.